The van der Waals surface area contributed by atoms with Crippen LogP contribution < -0.4 is 20.1 Å². The van der Waals surface area contributed by atoms with Crippen molar-refractivity contribution in [3.05, 3.63) is 53.6 Å². The number of allylic oxidation sites excluding steroid dienone is 2. The molecule has 0 fully saturated rings. The van der Waals surface area contributed by atoms with Gasteiger partial charge in [-0.25, -0.2) is 0 Å². The Labute approximate surface area is 206 Å². The molecular weight excluding hydrogens is 480 g/mol. The molecule has 0 radical (unpaired) electrons. The first-order valence-corrected chi connectivity index (χ1v) is 11.8. The maximum atomic E-state index is 12.7. The standard InChI is InChI=1S/C24H25ClN2O6S/c1-32-20-12-21(33-2)19(11-18(20)25)27-22(28)13-34-15-7-5-6-14(10-15)26-23(29)16-8-3-4-9-17(16)24(30)31/h3-7,10-12,16-17H,8-9,13H2,1-2H3,(H,26,29)(H,27,28)(H,30,31). The molecule has 0 heterocycles. The summed E-state index contributed by atoms with van der Waals surface area (Å²) in [6, 6.07) is 10.2. The summed E-state index contributed by atoms with van der Waals surface area (Å²) in [6.45, 7) is 0. The van der Waals surface area contributed by atoms with E-state index in [2.05, 4.69) is 10.6 Å². The topological polar surface area (TPSA) is 114 Å². The lowest BCUT2D eigenvalue weighted by Crippen LogP contribution is -2.34. The van der Waals surface area contributed by atoms with Crippen LogP contribution >= 0.6 is 23.4 Å². The van der Waals surface area contributed by atoms with Gasteiger partial charge in [0.2, 0.25) is 11.8 Å². The Bertz CT molecular complexity index is 1110. The minimum Gasteiger partial charge on any atom is -0.495 e. The van der Waals surface area contributed by atoms with Gasteiger partial charge in [-0.15, -0.1) is 11.8 Å². The summed E-state index contributed by atoms with van der Waals surface area (Å²) in [5, 5.41) is 15.3. The lowest BCUT2D eigenvalue weighted by Gasteiger charge is -2.24. The third kappa shape index (κ3) is 6.45. The highest BCUT2D eigenvalue weighted by Gasteiger charge is 2.33. The fraction of sp³-hybridized carbons (Fsp3) is 0.292. The van der Waals surface area contributed by atoms with Crippen molar-refractivity contribution in [2.45, 2.75) is 17.7 Å². The van der Waals surface area contributed by atoms with Crippen molar-refractivity contribution in [2.24, 2.45) is 11.8 Å². The van der Waals surface area contributed by atoms with Crippen molar-refractivity contribution in [3.63, 3.8) is 0 Å². The highest BCUT2D eigenvalue weighted by atomic mass is 35.5. The monoisotopic (exact) mass is 504 g/mol. The lowest BCUT2D eigenvalue weighted by molar-refractivity contribution is -0.146. The van der Waals surface area contributed by atoms with Crippen molar-refractivity contribution in [1.29, 1.82) is 0 Å². The van der Waals surface area contributed by atoms with Crippen LogP contribution in [-0.4, -0.2) is 42.9 Å². The predicted octanol–water partition coefficient (Wildman–Crippen LogP) is 4.69. The summed E-state index contributed by atoms with van der Waals surface area (Å²) in [4.78, 5) is 37.4. The molecule has 0 bridgehead atoms. The van der Waals surface area contributed by atoms with Crippen LogP contribution in [0.1, 0.15) is 12.8 Å². The molecular formula is C24H25ClN2O6S. The molecule has 0 spiro atoms. The molecule has 1 aliphatic carbocycles. The zero-order chi connectivity index (χ0) is 24.7. The highest BCUT2D eigenvalue weighted by molar-refractivity contribution is 8.00. The molecule has 2 aromatic carbocycles. The predicted molar refractivity (Wildman–Crippen MR) is 132 cm³/mol. The van der Waals surface area contributed by atoms with Crippen LogP contribution in [0.4, 0.5) is 11.4 Å². The number of amides is 2. The normalized spacial score (nSPS) is 17.0. The molecule has 34 heavy (non-hydrogen) atoms. The maximum absolute atomic E-state index is 12.7. The molecule has 2 unspecified atom stereocenters. The van der Waals surface area contributed by atoms with Crippen LogP contribution in [0.3, 0.4) is 0 Å². The van der Waals surface area contributed by atoms with Gasteiger partial charge in [0.1, 0.15) is 11.5 Å². The Balaban J connectivity index is 1.60. The zero-order valence-electron chi connectivity index (χ0n) is 18.7. The number of methoxy groups -OCH3 is 2. The third-order valence-electron chi connectivity index (χ3n) is 5.31. The fourth-order valence-corrected chi connectivity index (χ4v) is 4.56. The SMILES string of the molecule is COc1cc(OC)c(NC(=O)CSc2cccc(NC(=O)C3CC=CCC3C(=O)O)c2)cc1Cl. The van der Waals surface area contributed by atoms with Crippen molar-refractivity contribution >= 4 is 52.5 Å². The molecule has 180 valence electrons. The minimum absolute atomic E-state index is 0.110. The van der Waals surface area contributed by atoms with Crippen LogP contribution in [-0.2, 0) is 14.4 Å². The summed E-state index contributed by atoms with van der Waals surface area (Å²) < 4.78 is 10.4. The number of hydrogen-bond acceptors (Lipinski definition) is 6. The van der Waals surface area contributed by atoms with E-state index in [0.717, 1.165) is 4.90 Å². The van der Waals surface area contributed by atoms with E-state index in [9.17, 15) is 19.5 Å². The highest BCUT2D eigenvalue weighted by Crippen LogP contribution is 2.36. The van der Waals surface area contributed by atoms with E-state index in [1.165, 1.54) is 26.0 Å². The lowest BCUT2D eigenvalue weighted by atomic mass is 9.82. The molecule has 0 saturated carbocycles. The number of thioether (sulfide) groups is 1. The van der Waals surface area contributed by atoms with Crippen LogP contribution in [0.25, 0.3) is 0 Å². The number of ether oxygens (including phenoxy) is 2. The third-order valence-corrected chi connectivity index (χ3v) is 6.60. The van der Waals surface area contributed by atoms with Crippen molar-refractivity contribution < 1.29 is 29.0 Å². The van der Waals surface area contributed by atoms with Crippen LogP contribution in [0.15, 0.2) is 53.4 Å². The fourth-order valence-electron chi connectivity index (χ4n) is 3.57. The van der Waals surface area contributed by atoms with Crippen LogP contribution in [0.2, 0.25) is 5.02 Å². The molecule has 8 nitrogen and oxygen atoms in total. The van der Waals surface area contributed by atoms with E-state index in [4.69, 9.17) is 21.1 Å². The molecule has 3 N–H and O–H groups in total. The number of carboxylic acid groups (broad SMARTS) is 1. The van der Waals surface area contributed by atoms with E-state index in [1.807, 2.05) is 12.1 Å². The molecule has 3 rings (SSSR count). The van der Waals surface area contributed by atoms with Gasteiger partial charge in [0.15, 0.2) is 0 Å². The van der Waals surface area contributed by atoms with Crippen molar-refractivity contribution in [2.75, 3.05) is 30.6 Å². The first-order chi connectivity index (χ1) is 16.3. The summed E-state index contributed by atoms with van der Waals surface area (Å²) in [6.07, 6.45) is 4.35. The number of halogens is 1. The number of aliphatic carboxylic acids is 1. The summed E-state index contributed by atoms with van der Waals surface area (Å²) >= 11 is 7.44. The molecule has 0 aromatic heterocycles. The number of carboxylic acids is 1. The average molecular weight is 505 g/mol. The van der Waals surface area contributed by atoms with E-state index in [1.54, 1.807) is 36.4 Å². The van der Waals surface area contributed by atoms with Gasteiger partial charge in [-0.3, -0.25) is 14.4 Å². The van der Waals surface area contributed by atoms with Gasteiger partial charge in [-0.05, 0) is 37.1 Å². The second kappa shape index (κ2) is 11.8. The van der Waals surface area contributed by atoms with E-state index in [0.29, 0.717) is 40.7 Å². The largest absolute Gasteiger partial charge is 0.495 e. The summed E-state index contributed by atoms with van der Waals surface area (Å²) in [7, 11) is 2.97. The van der Waals surface area contributed by atoms with Gasteiger partial charge in [0.05, 0.1) is 42.5 Å². The Kier molecular flexibility index (Phi) is 8.84. The van der Waals surface area contributed by atoms with Crippen molar-refractivity contribution in [3.8, 4) is 11.5 Å². The summed E-state index contributed by atoms with van der Waals surface area (Å²) in [5.41, 5.74) is 0.965. The maximum Gasteiger partial charge on any atom is 0.307 e. The van der Waals surface area contributed by atoms with E-state index < -0.39 is 17.8 Å². The minimum atomic E-state index is -0.977. The van der Waals surface area contributed by atoms with E-state index in [-0.39, 0.29) is 17.6 Å². The van der Waals surface area contributed by atoms with E-state index >= 15 is 0 Å². The molecule has 2 atom stereocenters. The quantitative estimate of drug-likeness (QED) is 0.335. The number of rotatable bonds is 9. The molecule has 10 heteroatoms. The zero-order valence-corrected chi connectivity index (χ0v) is 20.2. The molecule has 1 aliphatic rings. The molecule has 2 amide bonds. The van der Waals surface area contributed by atoms with Gasteiger partial charge >= 0.3 is 5.97 Å². The summed E-state index contributed by atoms with van der Waals surface area (Å²) in [5.74, 6) is -1.98. The number of anilines is 2. The second-order valence-electron chi connectivity index (χ2n) is 7.54. The number of nitrogens with one attached hydrogen (secondary N) is 2. The Hall–Kier alpha value is -3.17. The van der Waals surface area contributed by atoms with Gasteiger partial charge in [0, 0.05) is 16.6 Å². The van der Waals surface area contributed by atoms with Gasteiger partial charge in [0.25, 0.3) is 0 Å². The average Bonchev–Trinajstić information content (AvgIpc) is 2.83. The van der Waals surface area contributed by atoms with Gasteiger partial charge in [-0.2, -0.15) is 0 Å². The first-order valence-electron chi connectivity index (χ1n) is 10.4. The Morgan fingerprint density at radius 3 is 2.41 bits per heavy atom. The molecule has 0 saturated heterocycles. The number of benzene rings is 2. The Morgan fingerprint density at radius 1 is 1.03 bits per heavy atom. The number of hydrogen-bond donors (Lipinski definition) is 3. The number of carbonyl (C=O) groups is 3. The molecule has 2 aromatic rings. The molecule has 0 aliphatic heterocycles. The van der Waals surface area contributed by atoms with Gasteiger partial charge < -0.3 is 25.2 Å². The second-order valence-corrected chi connectivity index (χ2v) is 8.99. The Morgan fingerprint density at radius 2 is 1.74 bits per heavy atom. The van der Waals surface area contributed by atoms with Crippen molar-refractivity contribution in [1.82, 2.24) is 0 Å². The smallest absolute Gasteiger partial charge is 0.307 e. The number of carbonyl (C=O) groups excluding carboxylic acids is 2. The van der Waals surface area contributed by atoms with Crippen LogP contribution in [0.5, 0.6) is 11.5 Å². The van der Waals surface area contributed by atoms with Gasteiger partial charge in [-0.1, -0.05) is 29.8 Å². The first kappa shape index (κ1) is 25.5. The van der Waals surface area contributed by atoms with Crippen LogP contribution in [0, 0.1) is 11.8 Å².